The minimum Gasteiger partial charge on any atom is -0.398 e. The van der Waals surface area contributed by atoms with Crippen molar-refractivity contribution in [2.45, 2.75) is 32.2 Å². The van der Waals surface area contributed by atoms with Crippen LogP contribution in [0.4, 0.5) is 5.69 Å². The lowest BCUT2D eigenvalue weighted by Crippen LogP contribution is -2.39. The number of anilines is 1. The number of hydrogen-bond donors (Lipinski definition) is 1. The summed E-state index contributed by atoms with van der Waals surface area (Å²) in [6.45, 7) is 5.99. The lowest BCUT2D eigenvalue weighted by atomic mass is 10.1. The molecular weight excluding hydrogens is 250 g/mol. The standard InChI is InChI=1S/C16H23N3O/c1-12-14(6-2-7-15(12)17)16(20)19-10-4-9-18-8-3-5-13(18)11-19/h2,6-7,13H,3-5,8-11,17H2,1H3. The van der Waals surface area contributed by atoms with Gasteiger partial charge < -0.3 is 10.6 Å². The third-order valence-electron chi connectivity index (χ3n) is 4.70. The number of nitrogens with two attached hydrogens (primary N) is 1. The molecule has 1 unspecified atom stereocenters. The highest BCUT2D eigenvalue weighted by Crippen LogP contribution is 2.24. The molecule has 2 aliphatic heterocycles. The third kappa shape index (κ3) is 2.40. The van der Waals surface area contributed by atoms with Gasteiger partial charge in [-0.25, -0.2) is 0 Å². The van der Waals surface area contributed by atoms with Gasteiger partial charge in [0, 0.05) is 36.9 Å². The molecule has 2 N–H and O–H groups in total. The fourth-order valence-electron chi connectivity index (χ4n) is 3.45. The lowest BCUT2D eigenvalue weighted by molar-refractivity contribution is 0.0743. The van der Waals surface area contributed by atoms with Gasteiger partial charge in [0.05, 0.1) is 0 Å². The lowest BCUT2D eigenvalue weighted by Gasteiger charge is -2.26. The first-order valence-electron chi connectivity index (χ1n) is 7.55. The molecule has 3 rings (SSSR count). The molecule has 2 saturated heterocycles. The van der Waals surface area contributed by atoms with E-state index in [-0.39, 0.29) is 5.91 Å². The highest BCUT2D eigenvalue weighted by atomic mass is 16.2. The molecule has 1 atom stereocenters. The number of fused-ring (bicyclic) bond motifs is 1. The van der Waals surface area contributed by atoms with E-state index in [4.69, 9.17) is 5.73 Å². The van der Waals surface area contributed by atoms with Gasteiger partial charge in [-0.3, -0.25) is 9.69 Å². The van der Waals surface area contributed by atoms with E-state index in [9.17, 15) is 4.79 Å². The fourth-order valence-corrected chi connectivity index (χ4v) is 3.45. The van der Waals surface area contributed by atoms with Crippen LogP contribution in [-0.4, -0.2) is 47.9 Å². The van der Waals surface area contributed by atoms with Gasteiger partial charge in [-0.2, -0.15) is 0 Å². The first-order chi connectivity index (χ1) is 9.66. The van der Waals surface area contributed by atoms with Crippen LogP contribution in [0.15, 0.2) is 18.2 Å². The van der Waals surface area contributed by atoms with Crippen molar-refractivity contribution in [3.05, 3.63) is 29.3 Å². The van der Waals surface area contributed by atoms with Crippen molar-refractivity contribution in [1.82, 2.24) is 9.80 Å². The van der Waals surface area contributed by atoms with Crippen LogP contribution in [0.1, 0.15) is 35.2 Å². The molecule has 0 aliphatic carbocycles. The third-order valence-corrected chi connectivity index (χ3v) is 4.70. The van der Waals surface area contributed by atoms with Crippen molar-refractivity contribution in [1.29, 1.82) is 0 Å². The van der Waals surface area contributed by atoms with Gasteiger partial charge in [0.2, 0.25) is 0 Å². The number of nitrogens with zero attached hydrogens (tertiary/aromatic N) is 2. The molecule has 1 amide bonds. The van der Waals surface area contributed by atoms with Gasteiger partial charge in [0.1, 0.15) is 0 Å². The van der Waals surface area contributed by atoms with Crippen molar-refractivity contribution >= 4 is 11.6 Å². The molecule has 20 heavy (non-hydrogen) atoms. The molecule has 2 heterocycles. The average Bonchev–Trinajstić information content (AvgIpc) is 2.78. The Labute approximate surface area is 120 Å². The summed E-state index contributed by atoms with van der Waals surface area (Å²) in [5.74, 6) is 0.142. The molecule has 2 fully saturated rings. The van der Waals surface area contributed by atoms with Crippen molar-refractivity contribution < 1.29 is 4.79 Å². The summed E-state index contributed by atoms with van der Waals surface area (Å²) in [4.78, 5) is 17.3. The summed E-state index contributed by atoms with van der Waals surface area (Å²) in [5.41, 5.74) is 8.30. The van der Waals surface area contributed by atoms with Gasteiger partial charge in [-0.05, 0) is 50.4 Å². The summed E-state index contributed by atoms with van der Waals surface area (Å²) < 4.78 is 0. The molecule has 1 aromatic rings. The second kappa shape index (κ2) is 5.44. The summed E-state index contributed by atoms with van der Waals surface area (Å²) in [6, 6.07) is 6.18. The Hall–Kier alpha value is -1.55. The summed E-state index contributed by atoms with van der Waals surface area (Å²) in [6.07, 6.45) is 3.56. The van der Waals surface area contributed by atoms with Gasteiger partial charge in [-0.15, -0.1) is 0 Å². The van der Waals surface area contributed by atoms with Crippen LogP contribution in [0.25, 0.3) is 0 Å². The van der Waals surface area contributed by atoms with E-state index < -0.39 is 0 Å². The number of nitrogen functional groups attached to an aromatic ring is 1. The van der Waals surface area contributed by atoms with Crippen molar-refractivity contribution in [2.75, 3.05) is 31.9 Å². The SMILES string of the molecule is Cc1c(N)cccc1C(=O)N1CCCN2CCCC2C1. The molecule has 4 nitrogen and oxygen atoms in total. The molecule has 0 radical (unpaired) electrons. The Bertz CT molecular complexity index is 514. The number of amides is 1. The zero-order valence-corrected chi connectivity index (χ0v) is 12.1. The zero-order chi connectivity index (χ0) is 14.1. The second-order valence-corrected chi connectivity index (χ2v) is 5.96. The van der Waals surface area contributed by atoms with Crippen LogP contribution in [-0.2, 0) is 0 Å². The monoisotopic (exact) mass is 273 g/mol. The highest BCUT2D eigenvalue weighted by molar-refractivity contribution is 5.97. The zero-order valence-electron chi connectivity index (χ0n) is 12.1. The van der Waals surface area contributed by atoms with Crippen LogP contribution in [0.2, 0.25) is 0 Å². The Morgan fingerprint density at radius 3 is 2.90 bits per heavy atom. The van der Waals surface area contributed by atoms with Crippen molar-refractivity contribution in [3.8, 4) is 0 Å². The molecular formula is C16H23N3O. The number of carbonyl (C=O) groups is 1. The van der Waals surface area contributed by atoms with Gasteiger partial charge in [-0.1, -0.05) is 6.07 Å². The molecule has 0 bridgehead atoms. The van der Waals surface area contributed by atoms with E-state index in [1.807, 2.05) is 30.0 Å². The maximum atomic E-state index is 12.8. The van der Waals surface area contributed by atoms with Crippen molar-refractivity contribution in [3.63, 3.8) is 0 Å². The van der Waals surface area contributed by atoms with Crippen LogP contribution >= 0.6 is 0 Å². The van der Waals surface area contributed by atoms with E-state index in [0.29, 0.717) is 11.7 Å². The average molecular weight is 273 g/mol. The predicted molar refractivity (Wildman–Crippen MR) is 80.7 cm³/mol. The fraction of sp³-hybridized carbons (Fsp3) is 0.562. The first-order valence-corrected chi connectivity index (χ1v) is 7.55. The van der Waals surface area contributed by atoms with E-state index in [0.717, 1.165) is 37.2 Å². The number of hydrogen-bond acceptors (Lipinski definition) is 3. The maximum absolute atomic E-state index is 12.8. The van der Waals surface area contributed by atoms with E-state index in [1.165, 1.54) is 19.4 Å². The van der Waals surface area contributed by atoms with Gasteiger partial charge >= 0.3 is 0 Å². The number of carbonyl (C=O) groups excluding carboxylic acids is 1. The smallest absolute Gasteiger partial charge is 0.254 e. The number of benzene rings is 1. The van der Waals surface area contributed by atoms with E-state index in [2.05, 4.69) is 4.90 Å². The summed E-state index contributed by atoms with van der Waals surface area (Å²) >= 11 is 0. The minimum absolute atomic E-state index is 0.142. The van der Waals surface area contributed by atoms with Crippen molar-refractivity contribution in [2.24, 2.45) is 0 Å². The van der Waals surface area contributed by atoms with Crippen LogP contribution in [0.5, 0.6) is 0 Å². The second-order valence-electron chi connectivity index (χ2n) is 5.96. The molecule has 0 spiro atoms. The van der Waals surface area contributed by atoms with Crippen LogP contribution in [0, 0.1) is 6.92 Å². The van der Waals surface area contributed by atoms with E-state index in [1.54, 1.807) is 0 Å². The molecule has 0 saturated carbocycles. The number of rotatable bonds is 1. The Morgan fingerprint density at radius 2 is 2.05 bits per heavy atom. The Balaban J connectivity index is 1.81. The summed E-state index contributed by atoms with van der Waals surface area (Å²) in [5, 5.41) is 0. The van der Waals surface area contributed by atoms with Crippen LogP contribution in [0.3, 0.4) is 0 Å². The molecule has 0 aromatic heterocycles. The van der Waals surface area contributed by atoms with Gasteiger partial charge in [0.15, 0.2) is 0 Å². The van der Waals surface area contributed by atoms with Gasteiger partial charge in [0.25, 0.3) is 5.91 Å². The van der Waals surface area contributed by atoms with Crippen LogP contribution < -0.4 is 5.73 Å². The molecule has 4 heteroatoms. The largest absolute Gasteiger partial charge is 0.398 e. The first kappa shape index (κ1) is 13.4. The predicted octanol–water partition coefficient (Wildman–Crippen LogP) is 1.89. The maximum Gasteiger partial charge on any atom is 0.254 e. The minimum atomic E-state index is 0.142. The molecule has 108 valence electrons. The Morgan fingerprint density at radius 1 is 1.25 bits per heavy atom. The molecule has 2 aliphatic rings. The topological polar surface area (TPSA) is 49.6 Å². The molecule has 1 aromatic carbocycles. The Kier molecular flexibility index (Phi) is 3.66. The quantitative estimate of drug-likeness (QED) is 0.795. The highest BCUT2D eigenvalue weighted by Gasteiger charge is 2.31. The van der Waals surface area contributed by atoms with E-state index >= 15 is 0 Å². The normalized spacial score (nSPS) is 23.4. The summed E-state index contributed by atoms with van der Waals surface area (Å²) in [7, 11) is 0.